The van der Waals surface area contributed by atoms with Crippen LogP contribution in [-0.2, 0) is 15.2 Å². The minimum Gasteiger partial charge on any atom is -0.391 e. The Bertz CT molecular complexity index is 677. The van der Waals surface area contributed by atoms with Gasteiger partial charge in [0, 0.05) is 17.7 Å². The lowest BCUT2D eigenvalue weighted by Gasteiger charge is -2.38. The normalized spacial score (nSPS) is 37.0. The number of nitrogens with zero attached hydrogens (tertiary/aromatic N) is 1. The molecule has 7 heteroatoms. The first-order chi connectivity index (χ1) is 10.4. The molecule has 0 unspecified atom stereocenters. The zero-order valence-electron chi connectivity index (χ0n) is 12.0. The molecule has 7 nitrogen and oxygen atoms in total. The molecule has 5 atom stereocenters. The fourth-order valence-electron chi connectivity index (χ4n) is 3.79. The van der Waals surface area contributed by atoms with Gasteiger partial charge < -0.3 is 25.7 Å². The molecule has 0 aliphatic carbocycles. The number of anilines is 1. The smallest absolute Gasteiger partial charge is 0.250 e. The Balaban J connectivity index is 1.78. The Morgan fingerprint density at radius 1 is 1.32 bits per heavy atom. The number of aliphatic hydroxyl groups excluding tert-OH is 1. The highest BCUT2D eigenvalue weighted by molar-refractivity contribution is 5.99. The molecule has 2 amide bonds. The van der Waals surface area contributed by atoms with E-state index in [1.54, 1.807) is 6.07 Å². The second-order valence-electron chi connectivity index (χ2n) is 6.21. The van der Waals surface area contributed by atoms with E-state index in [9.17, 15) is 19.8 Å². The van der Waals surface area contributed by atoms with Crippen LogP contribution < -0.4 is 10.6 Å². The predicted octanol–water partition coefficient (Wildman–Crippen LogP) is -0.894. The third-order valence-electron chi connectivity index (χ3n) is 4.86. The van der Waals surface area contributed by atoms with E-state index in [1.807, 2.05) is 18.2 Å². The van der Waals surface area contributed by atoms with Crippen LogP contribution in [0.5, 0.6) is 0 Å². The van der Waals surface area contributed by atoms with Gasteiger partial charge in [0.1, 0.15) is 23.9 Å². The maximum absolute atomic E-state index is 12.6. The number of carbonyl (C=O) groups is 2. The lowest BCUT2D eigenvalue weighted by Crippen LogP contribution is -2.66. The summed E-state index contributed by atoms with van der Waals surface area (Å²) in [5.41, 5.74) is 0.173. The summed E-state index contributed by atoms with van der Waals surface area (Å²) in [5.74, 6) is -0.714. The van der Waals surface area contributed by atoms with Crippen molar-refractivity contribution in [1.82, 2.24) is 10.2 Å². The minimum atomic E-state index is -1.29. The number of amides is 2. The number of aliphatic hydroxyl groups is 2. The SMILES string of the molecule is C[C@@H](O)[C@@H]1NC(=O)[C@@H]2C[C@@]3(O)c4ccccc4N[C@H]3N2C1=O. The van der Waals surface area contributed by atoms with E-state index in [-0.39, 0.29) is 18.2 Å². The van der Waals surface area contributed by atoms with Crippen molar-refractivity contribution < 1.29 is 19.8 Å². The Morgan fingerprint density at radius 3 is 2.77 bits per heavy atom. The molecular weight excluding hydrogens is 286 g/mol. The maximum Gasteiger partial charge on any atom is 0.250 e. The fourth-order valence-corrected chi connectivity index (χ4v) is 3.79. The topological polar surface area (TPSA) is 102 Å². The summed E-state index contributed by atoms with van der Waals surface area (Å²) in [6.45, 7) is 1.46. The lowest BCUT2D eigenvalue weighted by atomic mass is 9.91. The first kappa shape index (κ1) is 13.5. The van der Waals surface area contributed by atoms with Crippen molar-refractivity contribution >= 4 is 17.5 Å². The fraction of sp³-hybridized carbons (Fsp3) is 0.467. The summed E-state index contributed by atoms with van der Waals surface area (Å²) in [7, 11) is 0. The standard InChI is InChI=1S/C15H17N3O4/c1-7(19)11-13(21)18-10(12(20)17-11)6-15(22)8-4-2-3-5-9(8)16-14(15)18/h2-5,7,10-11,14,16,19,22H,6H2,1H3,(H,17,20)/t7-,10+,11+,14+,15-/m1/s1. The van der Waals surface area contributed by atoms with Crippen molar-refractivity contribution in [2.75, 3.05) is 5.32 Å². The van der Waals surface area contributed by atoms with Crippen LogP contribution >= 0.6 is 0 Å². The van der Waals surface area contributed by atoms with Crippen molar-refractivity contribution in [3.63, 3.8) is 0 Å². The molecule has 3 aliphatic rings. The average molecular weight is 303 g/mol. The Morgan fingerprint density at radius 2 is 2.05 bits per heavy atom. The Kier molecular flexibility index (Phi) is 2.59. The second kappa shape index (κ2) is 4.21. The van der Waals surface area contributed by atoms with Crippen LogP contribution in [0.3, 0.4) is 0 Å². The van der Waals surface area contributed by atoms with Gasteiger partial charge in [0.15, 0.2) is 0 Å². The molecule has 116 valence electrons. The van der Waals surface area contributed by atoms with E-state index in [1.165, 1.54) is 11.8 Å². The number of fused-ring (bicyclic) bond motifs is 5. The highest BCUT2D eigenvalue weighted by Crippen LogP contribution is 2.49. The van der Waals surface area contributed by atoms with Crippen LogP contribution in [0.1, 0.15) is 18.9 Å². The zero-order valence-corrected chi connectivity index (χ0v) is 12.0. The molecule has 0 radical (unpaired) electrons. The molecule has 0 spiro atoms. The third-order valence-corrected chi connectivity index (χ3v) is 4.86. The van der Waals surface area contributed by atoms with Gasteiger partial charge in [-0.1, -0.05) is 18.2 Å². The van der Waals surface area contributed by atoms with Crippen molar-refractivity contribution in [3.05, 3.63) is 29.8 Å². The van der Waals surface area contributed by atoms with Crippen LogP contribution in [0.4, 0.5) is 5.69 Å². The van der Waals surface area contributed by atoms with E-state index < -0.39 is 30.0 Å². The van der Waals surface area contributed by atoms with Crippen LogP contribution in [0, 0.1) is 0 Å². The minimum absolute atomic E-state index is 0.145. The first-order valence-electron chi connectivity index (χ1n) is 7.32. The van der Waals surface area contributed by atoms with Crippen LogP contribution in [0.2, 0.25) is 0 Å². The number of benzene rings is 1. The van der Waals surface area contributed by atoms with Gasteiger partial charge in [-0.3, -0.25) is 9.59 Å². The van der Waals surface area contributed by atoms with Gasteiger partial charge in [-0.05, 0) is 13.0 Å². The summed E-state index contributed by atoms with van der Waals surface area (Å²) in [5, 5.41) is 26.5. The average Bonchev–Trinajstić information content (AvgIpc) is 2.92. The molecule has 0 bridgehead atoms. The van der Waals surface area contributed by atoms with E-state index in [0.29, 0.717) is 5.56 Å². The van der Waals surface area contributed by atoms with Crippen molar-refractivity contribution in [3.8, 4) is 0 Å². The van der Waals surface area contributed by atoms with Gasteiger partial charge in [-0.25, -0.2) is 0 Å². The summed E-state index contributed by atoms with van der Waals surface area (Å²) in [6.07, 6.45) is -1.53. The Labute approximate surface area is 126 Å². The molecule has 22 heavy (non-hydrogen) atoms. The van der Waals surface area contributed by atoms with Crippen LogP contribution in [-0.4, -0.2) is 51.3 Å². The van der Waals surface area contributed by atoms with Gasteiger partial charge in [-0.15, -0.1) is 0 Å². The highest BCUT2D eigenvalue weighted by Gasteiger charge is 2.62. The predicted molar refractivity (Wildman–Crippen MR) is 76.6 cm³/mol. The molecule has 3 aliphatic heterocycles. The number of hydrogen-bond donors (Lipinski definition) is 4. The molecule has 4 rings (SSSR count). The molecule has 1 aromatic rings. The molecule has 3 heterocycles. The third kappa shape index (κ3) is 1.52. The highest BCUT2D eigenvalue weighted by atomic mass is 16.3. The van der Waals surface area contributed by atoms with E-state index in [4.69, 9.17) is 0 Å². The second-order valence-corrected chi connectivity index (χ2v) is 6.21. The Hall–Kier alpha value is -2.12. The number of piperazine rings is 1. The number of para-hydroxylation sites is 1. The van der Waals surface area contributed by atoms with Gasteiger partial charge in [0.2, 0.25) is 11.8 Å². The number of nitrogens with one attached hydrogen (secondary N) is 2. The first-order valence-corrected chi connectivity index (χ1v) is 7.32. The van der Waals surface area contributed by atoms with Gasteiger partial charge in [0.05, 0.1) is 6.10 Å². The van der Waals surface area contributed by atoms with Gasteiger partial charge in [0.25, 0.3) is 0 Å². The number of hydrogen-bond acceptors (Lipinski definition) is 5. The largest absolute Gasteiger partial charge is 0.391 e. The summed E-state index contributed by atoms with van der Waals surface area (Å²) < 4.78 is 0. The molecule has 2 saturated heterocycles. The molecule has 2 fully saturated rings. The van der Waals surface area contributed by atoms with E-state index in [0.717, 1.165) is 5.69 Å². The van der Waals surface area contributed by atoms with Crippen molar-refractivity contribution in [2.24, 2.45) is 0 Å². The molecule has 0 aromatic heterocycles. The monoisotopic (exact) mass is 303 g/mol. The van der Waals surface area contributed by atoms with Gasteiger partial charge in [-0.2, -0.15) is 0 Å². The molecular formula is C15H17N3O4. The molecule has 4 N–H and O–H groups in total. The van der Waals surface area contributed by atoms with Crippen molar-refractivity contribution in [1.29, 1.82) is 0 Å². The van der Waals surface area contributed by atoms with E-state index >= 15 is 0 Å². The van der Waals surface area contributed by atoms with Gasteiger partial charge >= 0.3 is 0 Å². The van der Waals surface area contributed by atoms with Crippen LogP contribution in [0.15, 0.2) is 24.3 Å². The van der Waals surface area contributed by atoms with Crippen molar-refractivity contribution in [2.45, 2.75) is 43.3 Å². The quantitative estimate of drug-likeness (QED) is 0.539. The van der Waals surface area contributed by atoms with E-state index in [2.05, 4.69) is 10.6 Å². The number of rotatable bonds is 1. The summed E-state index contributed by atoms with van der Waals surface area (Å²) >= 11 is 0. The number of carbonyl (C=O) groups excluding carboxylic acids is 2. The zero-order chi connectivity index (χ0) is 15.6. The lowest BCUT2D eigenvalue weighted by molar-refractivity contribution is -0.152. The van der Waals surface area contributed by atoms with Crippen LogP contribution in [0.25, 0.3) is 0 Å². The molecule has 1 aromatic carbocycles. The maximum atomic E-state index is 12.6. The summed E-state index contributed by atoms with van der Waals surface area (Å²) in [4.78, 5) is 26.3. The summed E-state index contributed by atoms with van der Waals surface area (Å²) in [6, 6.07) is 5.60. The molecule has 0 saturated carbocycles.